The molecule has 1 aliphatic heterocycles. The van der Waals surface area contributed by atoms with Crippen LogP contribution in [0.2, 0.25) is 0 Å². The number of hydrogen-bond donors (Lipinski definition) is 0. The summed E-state index contributed by atoms with van der Waals surface area (Å²) in [4.78, 5) is 13.9. The zero-order valence-electron chi connectivity index (χ0n) is 13.9. The van der Waals surface area contributed by atoms with Gasteiger partial charge in [-0.2, -0.15) is 0 Å². The highest BCUT2D eigenvalue weighted by atomic mass is 31.2. The van der Waals surface area contributed by atoms with Gasteiger partial charge in [-0.05, 0) is 38.0 Å². The van der Waals surface area contributed by atoms with Crippen molar-refractivity contribution in [3.63, 3.8) is 0 Å². The van der Waals surface area contributed by atoms with E-state index in [2.05, 4.69) is 0 Å². The number of benzene rings is 1. The second-order valence-corrected chi connectivity index (χ2v) is 7.46. The van der Waals surface area contributed by atoms with Crippen molar-refractivity contribution < 1.29 is 23.1 Å². The van der Waals surface area contributed by atoms with Gasteiger partial charge in [-0.3, -0.25) is 9.36 Å². The average Bonchev–Trinajstić information content (AvgIpc) is 2.90. The standard InChI is InChI=1S/C16H24NO5P/c1-4-21-23(19,22-5-2)16-11-10-15(18)17(16)12-13-6-8-14(20-3)9-7-13/h6-9,16H,4-5,10-12H2,1-3H3. The van der Waals surface area contributed by atoms with E-state index in [0.29, 0.717) is 32.6 Å². The first-order chi connectivity index (χ1) is 11.0. The normalized spacial score (nSPS) is 18.5. The summed E-state index contributed by atoms with van der Waals surface area (Å²) in [7, 11) is -1.73. The summed E-state index contributed by atoms with van der Waals surface area (Å²) in [6.45, 7) is 4.51. The van der Waals surface area contributed by atoms with E-state index in [1.54, 1.807) is 25.9 Å². The molecule has 1 amide bonds. The molecule has 23 heavy (non-hydrogen) atoms. The predicted octanol–water partition coefficient (Wildman–Crippen LogP) is 3.41. The van der Waals surface area contributed by atoms with Crippen molar-refractivity contribution in [2.24, 2.45) is 0 Å². The van der Waals surface area contributed by atoms with Crippen LogP contribution in [0.1, 0.15) is 32.3 Å². The number of ether oxygens (including phenoxy) is 1. The minimum atomic E-state index is -3.33. The van der Waals surface area contributed by atoms with Gasteiger partial charge in [0.05, 0.1) is 20.3 Å². The lowest BCUT2D eigenvalue weighted by atomic mass is 10.2. The maximum atomic E-state index is 13.0. The van der Waals surface area contributed by atoms with Crippen molar-refractivity contribution in [2.45, 2.75) is 39.0 Å². The number of hydrogen-bond acceptors (Lipinski definition) is 5. The third-order valence-corrected chi connectivity index (χ3v) is 6.29. The van der Waals surface area contributed by atoms with Gasteiger partial charge < -0.3 is 18.7 Å². The lowest BCUT2D eigenvalue weighted by Gasteiger charge is -2.30. The van der Waals surface area contributed by atoms with E-state index in [-0.39, 0.29) is 5.91 Å². The molecule has 1 unspecified atom stereocenters. The molecule has 1 aromatic rings. The molecule has 0 N–H and O–H groups in total. The van der Waals surface area contributed by atoms with Crippen LogP contribution in [0.15, 0.2) is 24.3 Å². The van der Waals surface area contributed by atoms with Crippen LogP contribution in [0, 0.1) is 0 Å². The van der Waals surface area contributed by atoms with Crippen LogP contribution in [0.4, 0.5) is 0 Å². The van der Waals surface area contributed by atoms with E-state index in [0.717, 1.165) is 11.3 Å². The summed E-state index contributed by atoms with van der Waals surface area (Å²) < 4.78 is 29.0. The van der Waals surface area contributed by atoms with E-state index in [9.17, 15) is 9.36 Å². The Morgan fingerprint density at radius 3 is 2.30 bits per heavy atom. The number of rotatable bonds is 8. The average molecular weight is 341 g/mol. The molecule has 1 atom stereocenters. The van der Waals surface area contributed by atoms with Gasteiger partial charge in [0.2, 0.25) is 5.91 Å². The number of carbonyl (C=O) groups is 1. The molecule has 0 spiro atoms. The van der Waals surface area contributed by atoms with Gasteiger partial charge in [0.1, 0.15) is 11.5 Å². The lowest BCUT2D eigenvalue weighted by Crippen LogP contribution is -2.33. The third kappa shape index (κ3) is 4.14. The Labute approximate surface area is 137 Å². The van der Waals surface area contributed by atoms with Crippen LogP contribution in [-0.4, -0.2) is 36.9 Å². The second-order valence-electron chi connectivity index (χ2n) is 5.26. The van der Waals surface area contributed by atoms with Crippen LogP contribution >= 0.6 is 7.60 Å². The summed E-state index contributed by atoms with van der Waals surface area (Å²) >= 11 is 0. The number of carbonyl (C=O) groups excluding carboxylic acids is 1. The van der Waals surface area contributed by atoms with Gasteiger partial charge >= 0.3 is 7.60 Å². The highest BCUT2D eigenvalue weighted by Gasteiger charge is 2.45. The predicted molar refractivity (Wildman–Crippen MR) is 87.4 cm³/mol. The molecule has 0 aliphatic carbocycles. The molecule has 0 bridgehead atoms. The molecule has 0 aromatic heterocycles. The van der Waals surface area contributed by atoms with Crippen molar-refractivity contribution >= 4 is 13.5 Å². The summed E-state index contributed by atoms with van der Waals surface area (Å²) in [6, 6.07) is 7.48. The first-order valence-corrected chi connectivity index (χ1v) is 9.46. The highest BCUT2D eigenvalue weighted by Crippen LogP contribution is 2.57. The summed E-state index contributed by atoms with van der Waals surface area (Å²) in [5.41, 5.74) is 0.950. The lowest BCUT2D eigenvalue weighted by molar-refractivity contribution is -0.128. The Balaban J connectivity index is 2.19. The van der Waals surface area contributed by atoms with E-state index in [1.165, 1.54) is 0 Å². The SMILES string of the molecule is CCOP(=O)(OCC)C1CCC(=O)N1Cc1ccc(OC)cc1. The molecular weight excluding hydrogens is 317 g/mol. The van der Waals surface area contributed by atoms with Crippen LogP contribution in [0.3, 0.4) is 0 Å². The maximum absolute atomic E-state index is 13.0. The molecule has 128 valence electrons. The summed E-state index contributed by atoms with van der Waals surface area (Å²) in [5.74, 6) is 0.217. The minimum absolute atomic E-state index is 0.0227. The van der Waals surface area contributed by atoms with Gasteiger partial charge in [0, 0.05) is 13.0 Å². The van der Waals surface area contributed by atoms with Crippen molar-refractivity contribution in [1.82, 2.24) is 4.90 Å². The molecule has 1 aromatic carbocycles. The molecule has 7 heteroatoms. The molecule has 6 nitrogen and oxygen atoms in total. The molecule has 2 rings (SSSR count). The zero-order valence-corrected chi connectivity index (χ0v) is 14.8. The van der Waals surface area contributed by atoms with Crippen molar-refractivity contribution in [2.75, 3.05) is 20.3 Å². The highest BCUT2D eigenvalue weighted by molar-refractivity contribution is 7.54. The molecule has 0 saturated carbocycles. The molecule has 1 heterocycles. The minimum Gasteiger partial charge on any atom is -0.497 e. The number of likely N-dealkylation sites (tertiary alicyclic amines) is 1. The van der Waals surface area contributed by atoms with Crippen LogP contribution in [0.5, 0.6) is 5.75 Å². The maximum Gasteiger partial charge on any atom is 0.352 e. The van der Waals surface area contributed by atoms with Gasteiger partial charge in [-0.15, -0.1) is 0 Å². The Morgan fingerprint density at radius 1 is 1.17 bits per heavy atom. The van der Waals surface area contributed by atoms with Gasteiger partial charge in [0.15, 0.2) is 0 Å². The number of amides is 1. The molecule has 0 radical (unpaired) electrons. The fourth-order valence-corrected chi connectivity index (χ4v) is 4.87. The monoisotopic (exact) mass is 341 g/mol. The van der Waals surface area contributed by atoms with Crippen LogP contribution < -0.4 is 4.74 Å². The Hall–Kier alpha value is -1.36. The Morgan fingerprint density at radius 2 is 1.78 bits per heavy atom. The zero-order chi connectivity index (χ0) is 16.9. The summed E-state index contributed by atoms with van der Waals surface area (Å²) in [5, 5.41) is 0. The molecule has 1 aliphatic rings. The topological polar surface area (TPSA) is 65.1 Å². The van der Waals surface area contributed by atoms with E-state index in [1.807, 2.05) is 24.3 Å². The van der Waals surface area contributed by atoms with E-state index in [4.69, 9.17) is 13.8 Å². The largest absolute Gasteiger partial charge is 0.497 e. The first kappa shape index (κ1) is 18.0. The van der Waals surface area contributed by atoms with Gasteiger partial charge in [-0.25, -0.2) is 0 Å². The van der Waals surface area contributed by atoms with Gasteiger partial charge in [-0.1, -0.05) is 12.1 Å². The van der Waals surface area contributed by atoms with Crippen molar-refractivity contribution in [3.05, 3.63) is 29.8 Å². The summed E-state index contributed by atoms with van der Waals surface area (Å²) in [6.07, 6.45) is 0.858. The molecule has 1 fully saturated rings. The van der Waals surface area contributed by atoms with E-state index < -0.39 is 13.4 Å². The first-order valence-electron chi connectivity index (χ1n) is 7.85. The van der Waals surface area contributed by atoms with Crippen LogP contribution in [-0.2, 0) is 25.0 Å². The smallest absolute Gasteiger partial charge is 0.352 e. The number of nitrogens with zero attached hydrogens (tertiary/aromatic N) is 1. The third-order valence-electron chi connectivity index (χ3n) is 3.79. The van der Waals surface area contributed by atoms with Gasteiger partial charge in [0.25, 0.3) is 0 Å². The second kappa shape index (κ2) is 7.95. The quantitative estimate of drug-likeness (QED) is 0.678. The molecule has 1 saturated heterocycles. The Kier molecular flexibility index (Phi) is 6.22. The number of methoxy groups -OCH3 is 1. The van der Waals surface area contributed by atoms with Crippen molar-refractivity contribution in [3.8, 4) is 5.75 Å². The van der Waals surface area contributed by atoms with Crippen LogP contribution in [0.25, 0.3) is 0 Å². The van der Waals surface area contributed by atoms with E-state index >= 15 is 0 Å². The fraction of sp³-hybridized carbons (Fsp3) is 0.562. The molecular formula is C16H24NO5P. The Bertz CT molecular complexity index is 564. The fourth-order valence-electron chi connectivity index (χ4n) is 2.74. The van der Waals surface area contributed by atoms with Crippen molar-refractivity contribution in [1.29, 1.82) is 0 Å².